The summed E-state index contributed by atoms with van der Waals surface area (Å²) in [5.74, 6) is 0.883. The molecule has 1 aromatic rings. The van der Waals surface area contributed by atoms with Gasteiger partial charge in [0.2, 0.25) is 0 Å². The predicted octanol–water partition coefficient (Wildman–Crippen LogP) is 2.95. The molecule has 1 aliphatic rings. The van der Waals surface area contributed by atoms with E-state index in [0.717, 1.165) is 5.92 Å². The Balaban J connectivity index is 2.17. The second-order valence-electron chi connectivity index (χ2n) is 6.16. The molecule has 3 heteroatoms. The van der Waals surface area contributed by atoms with Crippen LogP contribution < -0.4 is 5.73 Å². The number of nitrogens with two attached hydrogens (primary N) is 1. The van der Waals surface area contributed by atoms with Crippen molar-refractivity contribution in [2.24, 2.45) is 11.7 Å². The molecule has 1 saturated carbocycles. The van der Waals surface area contributed by atoms with Gasteiger partial charge in [0.05, 0.1) is 6.61 Å². The van der Waals surface area contributed by atoms with Crippen LogP contribution in [0.1, 0.15) is 43.9 Å². The quantitative estimate of drug-likeness (QED) is 0.793. The van der Waals surface area contributed by atoms with Crippen LogP contribution in [0.3, 0.4) is 0 Å². The number of hydrogen-bond donors (Lipinski definition) is 1. The van der Waals surface area contributed by atoms with Crippen molar-refractivity contribution in [2.75, 3.05) is 20.2 Å². The van der Waals surface area contributed by atoms with Crippen LogP contribution in [0.5, 0.6) is 0 Å². The van der Waals surface area contributed by atoms with E-state index in [1.165, 1.54) is 30.5 Å². The Labute approximate surface area is 123 Å². The number of ether oxygens (including phenoxy) is 1. The van der Waals surface area contributed by atoms with Crippen LogP contribution in [0.25, 0.3) is 0 Å². The molecule has 1 fully saturated rings. The fourth-order valence-corrected chi connectivity index (χ4v) is 2.82. The molecule has 0 spiro atoms. The Morgan fingerprint density at radius 3 is 2.65 bits per heavy atom. The fraction of sp³-hybridized carbons (Fsp3) is 0.647. The number of nitrogens with zero attached hydrogens (tertiary/aromatic N) is 1. The summed E-state index contributed by atoms with van der Waals surface area (Å²) in [6, 6.07) is 9.49. The summed E-state index contributed by atoms with van der Waals surface area (Å²) in [6.45, 7) is 7.04. The van der Waals surface area contributed by atoms with Gasteiger partial charge in [-0.2, -0.15) is 0 Å². The van der Waals surface area contributed by atoms with Crippen molar-refractivity contribution in [3.8, 4) is 0 Å². The summed E-state index contributed by atoms with van der Waals surface area (Å²) in [7, 11) is 1.74. The van der Waals surface area contributed by atoms with Crippen LogP contribution in [0.2, 0.25) is 0 Å². The molecule has 0 amide bonds. The van der Waals surface area contributed by atoms with Gasteiger partial charge in [-0.05, 0) is 43.7 Å². The van der Waals surface area contributed by atoms with Gasteiger partial charge in [0.25, 0.3) is 0 Å². The van der Waals surface area contributed by atoms with E-state index in [0.29, 0.717) is 25.2 Å². The van der Waals surface area contributed by atoms with Gasteiger partial charge >= 0.3 is 0 Å². The monoisotopic (exact) mass is 276 g/mol. The van der Waals surface area contributed by atoms with Crippen LogP contribution >= 0.6 is 0 Å². The summed E-state index contributed by atoms with van der Waals surface area (Å²) in [5, 5.41) is 0. The first-order chi connectivity index (χ1) is 9.65. The van der Waals surface area contributed by atoms with Gasteiger partial charge in [-0.3, -0.25) is 4.90 Å². The second kappa shape index (κ2) is 7.21. The molecule has 1 aliphatic carbocycles. The summed E-state index contributed by atoms with van der Waals surface area (Å²) in [6.07, 6.45) is 2.76. The highest BCUT2D eigenvalue weighted by atomic mass is 16.5. The van der Waals surface area contributed by atoms with Crippen LogP contribution in [-0.4, -0.2) is 31.1 Å². The maximum absolute atomic E-state index is 6.09. The third kappa shape index (κ3) is 4.05. The van der Waals surface area contributed by atoms with Crippen molar-refractivity contribution in [1.29, 1.82) is 0 Å². The third-order valence-corrected chi connectivity index (χ3v) is 4.10. The molecule has 0 heterocycles. The first-order valence-electron chi connectivity index (χ1n) is 7.69. The van der Waals surface area contributed by atoms with E-state index in [2.05, 4.69) is 43.0 Å². The molecular formula is C17H28N2O. The number of hydrogen-bond acceptors (Lipinski definition) is 3. The van der Waals surface area contributed by atoms with E-state index < -0.39 is 0 Å². The van der Waals surface area contributed by atoms with Crippen molar-refractivity contribution < 1.29 is 4.74 Å². The molecule has 2 N–H and O–H groups in total. The molecule has 0 saturated heterocycles. The predicted molar refractivity (Wildman–Crippen MR) is 83.5 cm³/mol. The minimum absolute atomic E-state index is 0.312. The highest BCUT2D eigenvalue weighted by Gasteiger charge is 2.29. The van der Waals surface area contributed by atoms with Crippen molar-refractivity contribution in [3.63, 3.8) is 0 Å². The second-order valence-corrected chi connectivity index (χ2v) is 6.16. The zero-order valence-corrected chi connectivity index (χ0v) is 13.0. The molecule has 1 unspecified atom stereocenters. The molecule has 112 valence electrons. The van der Waals surface area contributed by atoms with Crippen molar-refractivity contribution in [3.05, 3.63) is 35.4 Å². The number of rotatable bonds is 8. The lowest BCUT2D eigenvalue weighted by Gasteiger charge is -2.35. The van der Waals surface area contributed by atoms with Gasteiger partial charge < -0.3 is 10.5 Å². The minimum Gasteiger partial charge on any atom is -0.380 e. The molecule has 0 radical (unpaired) electrons. The molecule has 0 aliphatic heterocycles. The first kappa shape index (κ1) is 15.5. The fourth-order valence-electron chi connectivity index (χ4n) is 2.82. The topological polar surface area (TPSA) is 38.5 Å². The average Bonchev–Trinajstić information content (AvgIpc) is 3.23. The maximum Gasteiger partial charge on any atom is 0.0713 e. The Bertz CT molecular complexity index is 415. The summed E-state index contributed by atoms with van der Waals surface area (Å²) < 4.78 is 5.23. The van der Waals surface area contributed by atoms with Gasteiger partial charge in [0.1, 0.15) is 0 Å². The molecule has 1 atom stereocenters. The highest BCUT2D eigenvalue weighted by Crippen LogP contribution is 2.33. The van der Waals surface area contributed by atoms with Crippen LogP contribution in [0.4, 0.5) is 0 Å². The van der Waals surface area contributed by atoms with E-state index in [1.807, 2.05) is 0 Å². The van der Waals surface area contributed by atoms with Gasteiger partial charge in [0.15, 0.2) is 0 Å². The minimum atomic E-state index is 0.312. The van der Waals surface area contributed by atoms with Crippen molar-refractivity contribution in [2.45, 2.75) is 45.4 Å². The van der Waals surface area contributed by atoms with E-state index in [4.69, 9.17) is 10.5 Å². The summed E-state index contributed by atoms with van der Waals surface area (Å²) in [5.41, 5.74) is 8.63. The van der Waals surface area contributed by atoms with E-state index in [1.54, 1.807) is 7.11 Å². The average molecular weight is 276 g/mol. The van der Waals surface area contributed by atoms with E-state index in [9.17, 15) is 0 Å². The Morgan fingerprint density at radius 1 is 1.35 bits per heavy atom. The standard InChI is InChI=1S/C17H28N2O/c1-13(2)19(11-14-7-8-14)17(10-18)16-6-4-5-15(9-16)12-20-3/h4-6,9,13-14,17H,7-8,10-12,18H2,1-3H3. The molecule has 1 aromatic carbocycles. The lowest BCUT2D eigenvalue weighted by molar-refractivity contribution is 0.149. The number of methoxy groups -OCH3 is 1. The lowest BCUT2D eigenvalue weighted by atomic mass is 10.0. The SMILES string of the molecule is COCc1cccc(C(CN)N(CC2CC2)C(C)C)c1. The van der Waals surface area contributed by atoms with E-state index in [-0.39, 0.29) is 0 Å². The molecule has 3 nitrogen and oxygen atoms in total. The normalized spacial score (nSPS) is 16.9. The molecular weight excluding hydrogens is 248 g/mol. The first-order valence-corrected chi connectivity index (χ1v) is 7.69. The Kier molecular flexibility index (Phi) is 5.58. The summed E-state index contributed by atoms with van der Waals surface area (Å²) >= 11 is 0. The van der Waals surface area contributed by atoms with E-state index >= 15 is 0 Å². The lowest BCUT2D eigenvalue weighted by Crippen LogP contribution is -2.40. The zero-order valence-electron chi connectivity index (χ0n) is 13.0. The largest absolute Gasteiger partial charge is 0.380 e. The third-order valence-electron chi connectivity index (χ3n) is 4.10. The Morgan fingerprint density at radius 2 is 2.10 bits per heavy atom. The smallest absolute Gasteiger partial charge is 0.0713 e. The van der Waals surface area contributed by atoms with Crippen LogP contribution in [0, 0.1) is 5.92 Å². The van der Waals surface area contributed by atoms with Crippen molar-refractivity contribution >= 4 is 0 Å². The van der Waals surface area contributed by atoms with Crippen LogP contribution in [0.15, 0.2) is 24.3 Å². The number of benzene rings is 1. The summed E-state index contributed by atoms with van der Waals surface area (Å²) in [4.78, 5) is 2.56. The highest BCUT2D eigenvalue weighted by molar-refractivity contribution is 5.26. The van der Waals surface area contributed by atoms with Gasteiger partial charge in [-0.15, -0.1) is 0 Å². The molecule has 0 bridgehead atoms. The molecule has 2 rings (SSSR count). The Hall–Kier alpha value is -0.900. The van der Waals surface area contributed by atoms with Gasteiger partial charge in [-0.25, -0.2) is 0 Å². The van der Waals surface area contributed by atoms with Crippen LogP contribution in [-0.2, 0) is 11.3 Å². The van der Waals surface area contributed by atoms with Gasteiger partial charge in [0, 0.05) is 32.3 Å². The maximum atomic E-state index is 6.09. The van der Waals surface area contributed by atoms with Crippen molar-refractivity contribution in [1.82, 2.24) is 4.90 Å². The van der Waals surface area contributed by atoms with Gasteiger partial charge in [-0.1, -0.05) is 24.3 Å². The molecule has 20 heavy (non-hydrogen) atoms. The molecule has 0 aromatic heterocycles. The zero-order chi connectivity index (χ0) is 14.5.